The maximum absolute atomic E-state index is 11.4. The Morgan fingerprint density at radius 3 is 2.71 bits per heavy atom. The predicted molar refractivity (Wildman–Crippen MR) is 56.1 cm³/mol. The van der Waals surface area contributed by atoms with E-state index in [4.69, 9.17) is 0 Å². The van der Waals surface area contributed by atoms with Gasteiger partial charge in [0.25, 0.3) is 0 Å². The number of nitrogens with zero attached hydrogens (tertiary/aromatic N) is 1. The van der Waals surface area contributed by atoms with Crippen LogP contribution in [0.25, 0.3) is 0 Å². The second-order valence-electron chi connectivity index (χ2n) is 4.45. The van der Waals surface area contributed by atoms with E-state index in [9.17, 15) is 4.79 Å². The van der Waals surface area contributed by atoms with Gasteiger partial charge in [-0.2, -0.15) is 0 Å². The molecule has 2 heterocycles. The van der Waals surface area contributed by atoms with Gasteiger partial charge in [-0.15, -0.1) is 0 Å². The van der Waals surface area contributed by atoms with Gasteiger partial charge in [-0.25, -0.2) is 0 Å². The van der Waals surface area contributed by atoms with Crippen molar-refractivity contribution in [2.45, 2.75) is 44.6 Å². The van der Waals surface area contributed by atoms with Gasteiger partial charge in [0.05, 0.1) is 0 Å². The largest absolute Gasteiger partial charge is 0.356 e. The maximum Gasteiger partial charge on any atom is 0.221 e. The molecular formula is C11H20N2O. The summed E-state index contributed by atoms with van der Waals surface area (Å²) >= 11 is 0. The van der Waals surface area contributed by atoms with Crippen LogP contribution in [0, 0.1) is 0 Å². The van der Waals surface area contributed by atoms with Crippen molar-refractivity contribution in [3.8, 4) is 0 Å². The predicted octanol–water partition coefficient (Wildman–Crippen LogP) is 1.14. The molecule has 80 valence electrons. The van der Waals surface area contributed by atoms with Gasteiger partial charge in [-0.05, 0) is 38.8 Å². The van der Waals surface area contributed by atoms with Gasteiger partial charge in [0.1, 0.15) is 0 Å². The van der Waals surface area contributed by atoms with E-state index in [2.05, 4.69) is 10.2 Å². The Kier molecular flexibility index (Phi) is 3.40. The van der Waals surface area contributed by atoms with E-state index < -0.39 is 0 Å². The van der Waals surface area contributed by atoms with Crippen LogP contribution in [0.15, 0.2) is 0 Å². The number of carbonyl (C=O) groups is 1. The van der Waals surface area contributed by atoms with Crippen molar-refractivity contribution < 1.29 is 4.79 Å². The highest BCUT2D eigenvalue weighted by atomic mass is 16.1. The van der Waals surface area contributed by atoms with Crippen LogP contribution in [0.2, 0.25) is 0 Å². The Bertz CT molecular complexity index is 199. The summed E-state index contributed by atoms with van der Waals surface area (Å²) in [4.78, 5) is 13.9. The number of likely N-dealkylation sites (tertiary alicyclic amines) is 1. The van der Waals surface area contributed by atoms with Crippen molar-refractivity contribution in [3.05, 3.63) is 0 Å². The molecule has 2 rings (SSSR count). The average molecular weight is 196 g/mol. The zero-order chi connectivity index (χ0) is 9.80. The number of piperidine rings is 1. The summed E-state index contributed by atoms with van der Waals surface area (Å²) in [7, 11) is 0. The third kappa shape index (κ3) is 2.47. The van der Waals surface area contributed by atoms with Gasteiger partial charge in [-0.1, -0.05) is 6.42 Å². The molecule has 0 aromatic carbocycles. The van der Waals surface area contributed by atoms with Gasteiger partial charge in [0.15, 0.2) is 0 Å². The third-order valence-electron chi connectivity index (χ3n) is 3.36. The molecule has 0 spiro atoms. The fourth-order valence-corrected chi connectivity index (χ4v) is 2.55. The summed E-state index contributed by atoms with van der Waals surface area (Å²) in [5.74, 6) is 0.248. The highest BCUT2D eigenvalue weighted by molar-refractivity contribution is 5.76. The molecule has 3 nitrogen and oxygen atoms in total. The molecule has 2 fully saturated rings. The van der Waals surface area contributed by atoms with Gasteiger partial charge >= 0.3 is 0 Å². The molecule has 0 radical (unpaired) electrons. The van der Waals surface area contributed by atoms with Crippen LogP contribution in [0.5, 0.6) is 0 Å². The summed E-state index contributed by atoms with van der Waals surface area (Å²) in [6.07, 6.45) is 7.07. The highest BCUT2D eigenvalue weighted by Crippen LogP contribution is 2.18. The standard InChI is InChI=1S/C11H20N2O/c14-11-9-10(5-4-6-12-11)13-7-2-1-3-8-13/h10H,1-9H2,(H,12,14). The summed E-state index contributed by atoms with van der Waals surface area (Å²) < 4.78 is 0. The summed E-state index contributed by atoms with van der Waals surface area (Å²) in [5, 5.41) is 2.95. The molecule has 1 amide bonds. The molecule has 2 saturated heterocycles. The van der Waals surface area contributed by atoms with Crippen molar-refractivity contribution in [2.24, 2.45) is 0 Å². The Morgan fingerprint density at radius 2 is 1.93 bits per heavy atom. The van der Waals surface area contributed by atoms with Crippen molar-refractivity contribution in [3.63, 3.8) is 0 Å². The molecule has 1 N–H and O–H groups in total. The molecule has 0 bridgehead atoms. The monoisotopic (exact) mass is 196 g/mol. The first-order valence-corrected chi connectivity index (χ1v) is 5.87. The molecule has 14 heavy (non-hydrogen) atoms. The number of carbonyl (C=O) groups excluding carboxylic acids is 1. The Hall–Kier alpha value is -0.570. The van der Waals surface area contributed by atoms with Crippen molar-refractivity contribution >= 4 is 5.91 Å². The molecule has 3 heteroatoms. The Labute approximate surface area is 85.8 Å². The maximum atomic E-state index is 11.4. The zero-order valence-electron chi connectivity index (χ0n) is 8.80. The smallest absolute Gasteiger partial charge is 0.221 e. The van der Waals surface area contributed by atoms with Crippen LogP contribution in [0.4, 0.5) is 0 Å². The average Bonchev–Trinajstić information content (AvgIpc) is 2.44. The second kappa shape index (κ2) is 4.78. The molecule has 1 unspecified atom stereocenters. The van der Waals surface area contributed by atoms with E-state index in [-0.39, 0.29) is 5.91 Å². The van der Waals surface area contributed by atoms with E-state index in [1.54, 1.807) is 0 Å². The Morgan fingerprint density at radius 1 is 1.14 bits per heavy atom. The summed E-state index contributed by atoms with van der Waals surface area (Å²) in [6, 6.07) is 0.526. The van der Waals surface area contributed by atoms with Gasteiger partial charge in [0.2, 0.25) is 5.91 Å². The van der Waals surface area contributed by atoms with Crippen LogP contribution in [0.1, 0.15) is 38.5 Å². The first-order chi connectivity index (χ1) is 6.86. The minimum absolute atomic E-state index is 0.248. The van der Waals surface area contributed by atoms with Crippen LogP contribution in [-0.4, -0.2) is 36.5 Å². The topological polar surface area (TPSA) is 32.3 Å². The summed E-state index contributed by atoms with van der Waals surface area (Å²) in [5.41, 5.74) is 0. The van der Waals surface area contributed by atoms with E-state index in [1.165, 1.54) is 38.8 Å². The Balaban J connectivity index is 1.90. The lowest BCUT2D eigenvalue weighted by Crippen LogP contribution is -2.40. The van der Waals surface area contributed by atoms with E-state index in [0.717, 1.165) is 19.4 Å². The number of hydrogen-bond donors (Lipinski definition) is 1. The van der Waals surface area contributed by atoms with E-state index >= 15 is 0 Å². The number of rotatable bonds is 1. The molecular weight excluding hydrogens is 176 g/mol. The molecule has 2 aliphatic heterocycles. The lowest BCUT2D eigenvalue weighted by molar-refractivity contribution is -0.121. The number of amides is 1. The lowest BCUT2D eigenvalue weighted by atomic mass is 10.0. The number of nitrogens with one attached hydrogen (secondary N) is 1. The van der Waals surface area contributed by atoms with Gasteiger partial charge in [-0.3, -0.25) is 9.69 Å². The SMILES string of the molecule is O=C1CC(N2CCCCC2)CCCN1. The molecule has 2 aliphatic rings. The molecule has 0 aromatic heterocycles. The van der Waals surface area contributed by atoms with Crippen LogP contribution < -0.4 is 5.32 Å². The zero-order valence-corrected chi connectivity index (χ0v) is 8.80. The molecule has 0 aromatic rings. The van der Waals surface area contributed by atoms with Gasteiger partial charge in [0, 0.05) is 19.0 Å². The highest BCUT2D eigenvalue weighted by Gasteiger charge is 2.24. The van der Waals surface area contributed by atoms with Crippen molar-refractivity contribution in [1.29, 1.82) is 0 Å². The van der Waals surface area contributed by atoms with Crippen LogP contribution >= 0.6 is 0 Å². The molecule has 0 aliphatic carbocycles. The van der Waals surface area contributed by atoms with Crippen molar-refractivity contribution in [1.82, 2.24) is 10.2 Å². The normalized spacial score (nSPS) is 30.9. The fraction of sp³-hybridized carbons (Fsp3) is 0.909. The van der Waals surface area contributed by atoms with Crippen molar-refractivity contribution in [2.75, 3.05) is 19.6 Å². The molecule has 0 saturated carbocycles. The van der Waals surface area contributed by atoms with Crippen LogP contribution in [-0.2, 0) is 4.79 Å². The quantitative estimate of drug-likeness (QED) is 0.682. The van der Waals surface area contributed by atoms with Gasteiger partial charge < -0.3 is 5.32 Å². The molecule has 1 atom stereocenters. The van der Waals surface area contributed by atoms with E-state index in [0.29, 0.717) is 6.04 Å². The summed E-state index contributed by atoms with van der Waals surface area (Å²) in [6.45, 7) is 3.29. The first-order valence-electron chi connectivity index (χ1n) is 5.87. The van der Waals surface area contributed by atoms with Crippen LogP contribution in [0.3, 0.4) is 0 Å². The fourth-order valence-electron chi connectivity index (χ4n) is 2.55. The third-order valence-corrected chi connectivity index (χ3v) is 3.36. The van der Waals surface area contributed by atoms with E-state index in [1.807, 2.05) is 0 Å². The lowest BCUT2D eigenvalue weighted by Gasteiger charge is -2.33. The second-order valence-corrected chi connectivity index (χ2v) is 4.45. The minimum Gasteiger partial charge on any atom is -0.356 e. The number of hydrogen-bond acceptors (Lipinski definition) is 2. The first kappa shape index (κ1) is 9.97. The minimum atomic E-state index is 0.248.